The molecular formula is C26H31N3O3S. The lowest BCUT2D eigenvalue weighted by Gasteiger charge is -2.26. The van der Waals surface area contributed by atoms with Gasteiger partial charge in [0.05, 0.1) is 24.9 Å². The van der Waals surface area contributed by atoms with Gasteiger partial charge in [0.1, 0.15) is 0 Å². The third-order valence-corrected chi connectivity index (χ3v) is 7.58. The molecule has 0 spiro atoms. The van der Waals surface area contributed by atoms with E-state index in [4.69, 9.17) is 9.47 Å². The highest BCUT2D eigenvalue weighted by atomic mass is 32.2. The second-order valence-electron chi connectivity index (χ2n) is 8.63. The molecule has 3 heterocycles. The fraction of sp³-hybridized carbons (Fsp3) is 0.423. The summed E-state index contributed by atoms with van der Waals surface area (Å²) in [7, 11) is 0. The highest BCUT2D eigenvalue weighted by Gasteiger charge is 2.18. The van der Waals surface area contributed by atoms with E-state index < -0.39 is 0 Å². The van der Waals surface area contributed by atoms with Gasteiger partial charge < -0.3 is 19.4 Å². The Labute approximate surface area is 199 Å². The zero-order valence-electron chi connectivity index (χ0n) is 18.9. The summed E-state index contributed by atoms with van der Waals surface area (Å²) < 4.78 is 13.5. The van der Waals surface area contributed by atoms with Crippen LogP contribution in [0.15, 0.2) is 59.6 Å². The number of hydrogen-bond donors (Lipinski definition) is 1. The van der Waals surface area contributed by atoms with Gasteiger partial charge in [0.2, 0.25) is 0 Å². The van der Waals surface area contributed by atoms with Crippen LogP contribution in [0.5, 0.6) is 0 Å². The van der Waals surface area contributed by atoms with Crippen LogP contribution in [-0.2, 0) is 16.0 Å². The maximum atomic E-state index is 13.1. The molecule has 1 atom stereocenters. The summed E-state index contributed by atoms with van der Waals surface area (Å²) in [5, 5.41) is 4.23. The van der Waals surface area contributed by atoms with Crippen molar-refractivity contribution in [2.45, 2.75) is 30.4 Å². The molecule has 1 amide bonds. The molecule has 5 rings (SSSR count). The summed E-state index contributed by atoms with van der Waals surface area (Å²) in [5.41, 5.74) is 2.72. The molecule has 2 aliphatic heterocycles. The third kappa shape index (κ3) is 5.61. The van der Waals surface area contributed by atoms with Crippen molar-refractivity contribution >= 4 is 34.3 Å². The van der Waals surface area contributed by atoms with Gasteiger partial charge in [-0.3, -0.25) is 9.69 Å². The lowest BCUT2D eigenvalue weighted by molar-refractivity contribution is 0.0365. The van der Waals surface area contributed by atoms with Crippen LogP contribution >= 0.6 is 11.8 Å². The van der Waals surface area contributed by atoms with Crippen LogP contribution in [0, 0.1) is 0 Å². The average molecular weight is 466 g/mol. The molecule has 0 bridgehead atoms. The molecular weight excluding hydrogens is 434 g/mol. The fourth-order valence-electron chi connectivity index (χ4n) is 4.48. The molecule has 174 valence electrons. The van der Waals surface area contributed by atoms with Crippen molar-refractivity contribution in [1.82, 2.24) is 9.47 Å². The van der Waals surface area contributed by atoms with Gasteiger partial charge in [0, 0.05) is 66.2 Å². The number of rotatable bonds is 8. The maximum Gasteiger partial charge on any atom is 0.256 e. The molecule has 1 N–H and O–H groups in total. The minimum absolute atomic E-state index is 0.0726. The van der Waals surface area contributed by atoms with Crippen molar-refractivity contribution in [2.75, 3.05) is 50.5 Å². The molecule has 7 heteroatoms. The van der Waals surface area contributed by atoms with Crippen LogP contribution in [0.3, 0.4) is 0 Å². The van der Waals surface area contributed by atoms with Gasteiger partial charge in [-0.25, -0.2) is 0 Å². The molecule has 2 aromatic carbocycles. The Hall–Kier alpha value is -2.32. The molecule has 6 nitrogen and oxygen atoms in total. The van der Waals surface area contributed by atoms with Crippen LogP contribution in [0.1, 0.15) is 23.2 Å². The van der Waals surface area contributed by atoms with Crippen molar-refractivity contribution in [3.05, 3.63) is 60.3 Å². The Morgan fingerprint density at radius 2 is 1.94 bits per heavy atom. The topological polar surface area (TPSA) is 55.7 Å². The number of ether oxygens (including phenoxy) is 2. The highest BCUT2D eigenvalue weighted by molar-refractivity contribution is 7.99. The predicted octanol–water partition coefficient (Wildman–Crippen LogP) is 4.50. The van der Waals surface area contributed by atoms with E-state index in [0.29, 0.717) is 11.7 Å². The van der Waals surface area contributed by atoms with Gasteiger partial charge in [-0.2, -0.15) is 0 Å². The predicted molar refractivity (Wildman–Crippen MR) is 133 cm³/mol. The molecule has 0 radical (unpaired) electrons. The number of thioether (sulfide) groups is 1. The molecule has 0 aliphatic carbocycles. The van der Waals surface area contributed by atoms with Crippen molar-refractivity contribution < 1.29 is 14.3 Å². The summed E-state index contributed by atoms with van der Waals surface area (Å²) in [6, 6.07) is 16.1. The van der Waals surface area contributed by atoms with E-state index in [9.17, 15) is 4.79 Å². The maximum absolute atomic E-state index is 13.1. The first kappa shape index (κ1) is 22.5. The van der Waals surface area contributed by atoms with Crippen molar-refractivity contribution in [1.29, 1.82) is 0 Å². The van der Waals surface area contributed by atoms with E-state index in [1.165, 1.54) is 5.52 Å². The van der Waals surface area contributed by atoms with Crippen molar-refractivity contribution in [2.24, 2.45) is 0 Å². The summed E-state index contributed by atoms with van der Waals surface area (Å²) in [6.07, 6.45) is 4.66. The minimum atomic E-state index is -0.0726. The van der Waals surface area contributed by atoms with E-state index in [2.05, 4.69) is 39.2 Å². The molecule has 3 aromatic rings. The van der Waals surface area contributed by atoms with Gasteiger partial charge in [0.25, 0.3) is 5.91 Å². The molecule has 0 saturated carbocycles. The smallest absolute Gasteiger partial charge is 0.256 e. The standard InChI is InChI=1S/C26H31N3O3S/c30-26(23-5-1-2-6-25(23)33-19-22-4-3-15-32-22)27-21-7-8-24-20(18-21)9-10-29(24)12-11-28-13-16-31-17-14-28/h1-2,5-10,18,22H,3-4,11-17,19H2,(H,27,30). The van der Waals surface area contributed by atoms with Gasteiger partial charge in [-0.15, -0.1) is 11.8 Å². The molecule has 1 unspecified atom stereocenters. The number of amides is 1. The number of carbonyl (C=O) groups is 1. The summed E-state index contributed by atoms with van der Waals surface area (Å²) in [6.45, 7) is 6.48. The van der Waals surface area contributed by atoms with E-state index in [0.717, 1.165) is 80.6 Å². The van der Waals surface area contributed by atoms with E-state index in [1.54, 1.807) is 11.8 Å². The number of nitrogens with zero attached hydrogens (tertiary/aromatic N) is 2. The van der Waals surface area contributed by atoms with Gasteiger partial charge in [0.15, 0.2) is 0 Å². The van der Waals surface area contributed by atoms with Gasteiger partial charge in [-0.05, 0) is 49.2 Å². The lowest BCUT2D eigenvalue weighted by atomic mass is 10.2. The zero-order valence-corrected chi connectivity index (χ0v) is 19.7. The molecule has 2 fully saturated rings. The van der Waals surface area contributed by atoms with E-state index >= 15 is 0 Å². The summed E-state index contributed by atoms with van der Waals surface area (Å²) in [5.74, 6) is 0.811. The second kappa shape index (κ2) is 10.7. The monoisotopic (exact) mass is 465 g/mol. The number of carbonyl (C=O) groups excluding carboxylic acids is 1. The first-order chi connectivity index (χ1) is 16.3. The molecule has 33 heavy (non-hydrogen) atoms. The van der Waals surface area contributed by atoms with Crippen LogP contribution < -0.4 is 5.32 Å². The van der Waals surface area contributed by atoms with E-state index in [-0.39, 0.29) is 5.91 Å². The normalized spacial score (nSPS) is 19.2. The van der Waals surface area contributed by atoms with Crippen LogP contribution in [0.4, 0.5) is 5.69 Å². The quantitative estimate of drug-likeness (QED) is 0.497. The van der Waals surface area contributed by atoms with Crippen molar-refractivity contribution in [3.63, 3.8) is 0 Å². The Balaban J connectivity index is 1.23. The van der Waals surface area contributed by atoms with Gasteiger partial charge in [-0.1, -0.05) is 12.1 Å². The lowest BCUT2D eigenvalue weighted by Crippen LogP contribution is -2.38. The van der Waals surface area contributed by atoms with Crippen molar-refractivity contribution in [3.8, 4) is 0 Å². The Bertz CT molecular complexity index is 1090. The zero-order chi connectivity index (χ0) is 22.5. The molecule has 2 aliphatic rings. The second-order valence-corrected chi connectivity index (χ2v) is 9.69. The summed E-state index contributed by atoms with van der Waals surface area (Å²) in [4.78, 5) is 16.5. The Morgan fingerprint density at radius 3 is 2.79 bits per heavy atom. The minimum Gasteiger partial charge on any atom is -0.379 e. The number of hydrogen-bond acceptors (Lipinski definition) is 5. The molecule has 1 aromatic heterocycles. The number of morpholine rings is 1. The highest BCUT2D eigenvalue weighted by Crippen LogP contribution is 2.28. The molecule has 2 saturated heterocycles. The Kier molecular flexibility index (Phi) is 7.31. The number of benzene rings is 2. The summed E-state index contributed by atoms with van der Waals surface area (Å²) >= 11 is 1.71. The van der Waals surface area contributed by atoms with Gasteiger partial charge >= 0.3 is 0 Å². The van der Waals surface area contributed by atoms with E-state index in [1.807, 2.05) is 30.3 Å². The van der Waals surface area contributed by atoms with Crippen LogP contribution in [-0.4, -0.2) is 66.7 Å². The third-order valence-electron chi connectivity index (χ3n) is 6.37. The van der Waals surface area contributed by atoms with Crippen LogP contribution in [0.2, 0.25) is 0 Å². The Morgan fingerprint density at radius 1 is 1.06 bits per heavy atom. The largest absolute Gasteiger partial charge is 0.379 e. The number of nitrogens with one attached hydrogen (secondary N) is 1. The number of aromatic nitrogens is 1. The number of fused-ring (bicyclic) bond motifs is 1. The number of anilines is 1. The first-order valence-electron chi connectivity index (χ1n) is 11.8. The first-order valence-corrected chi connectivity index (χ1v) is 12.8. The SMILES string of the molecule is O=C(Nc1ccc2c(ccn2CCN2CCOCC2)c1)c1ccccc1SCC1CCCO1. The van der Waals surface area contributed by atoms with Crippen LogP contribution in [0.25, 0.3) is 10.9 Å². The average Bonchev–Trinajstić information content (AvgIpc) is 3.52. The fourth-order valence-corrected chi connectivity index (χ4v) is 5.60.